The third-order valence-electron chi connectivity index (χ3n) is 6.81. The molecule has 3 aromatic carbocycles. The molecule has 0 saturated carbocycles. The fourth-order valence-corrected chi connectivity index (χ4v) is 5.30. The van der Waals surface area contributed by atoms with Gasteiger partial charge in [0.1, 0.15) is 5.70 Å². The maximum Gasteiger partial charge on any atom is 0.282 e. The molecule has 0 unspecified atom stereocenters. The molecule has 222 valence electrons. The van der Waals surface area contributed by atoms with E-state index in [1.54, 1.807) is 6.20 Å². The third-order valence-corrected chi connectivity index (χ3v) is 7.61. The van der Waals surface area contributed by atoms with E-state index in [-0.39, 0.29) is 30.0 Å². The monoisotopic (exact) mass is 605 g/mol. The molecule has 11 heteroatoms. The number of fused-ring (bicyclic) bond motifs is 1. The number of halogens is 2. The van der Waals surface area contributed by atoms with Crippen molar-refractivity contribution in [3.05, 3.63) is 113 Å². The Morgan fingerprint density at radius 2 is 1.53 bits per heavy atom. The second-order valence-corrected chi connectivity index (χ2v) is 11.7. The molecule has 0 radical (unpaired) electrons. The summed E-state index contributed by atoms with van der Waals surface area (Å²) >= 11 is 0. The van der Waals surface area contributed by atoms with Gasteiger partial charge in [-0.1, -0.05) is 73.5 Å². The van der Waals surface area contributed by atoms with E-state index < -0.39 is 33.4 Å². The van der Waals surface area contributed by atoms with Gasteiger partial charge in [-0.2, -0.15) is 8.42 Å². The smallest absolute Gasteiger partial charge is 0.282 e. The number of ether oxygens (including phenoxy) is 1. The average Bonchev–Trinajstić information content (AvgIpc) is 3.29. The zero-order valence-electron chi connectivity index (χ0n) is 23.1. The van der Waals surface area contributed by atoms with Gasteiger partial charge in [0.2, 0.25) is 0 Å². The SMILES string of the molecule is O=C1/C(=C/c2cc(F)c(OCCCCCCS(=O)(=O)O)c(F)c2)N=C2C(Cc3ccccc3)=NC(c3ccccc3)=CN12. The number of unbranched alkanes of at least 4 members (excludes halogenated alkanes) is 3. The summed E-state index contributed by atoms with van der Waals surface area (Å²) in [5, 5.41) is 0. The first-order chi connectivity index (χ1) is 20.7. The third kappa shape index (κ3) is 7.68. The Hall–Kier alpha value is -4.48. The molecule has 8 nitrogen and oxygen atoms in total. The van der Waals surface area contributed by atoms with Crippen LogP contribution in [0.1, 0.15) is 42.4 Å². The van der Waals surface area contributed by atoms with Crippen LogP contribution >= 0.6 is 0 Å². The summed E-state index contributed by atoms with van der Waals surface area (Å²) < 4.78 is 65.2. The highest BCUT2D eigenvalue weighted by Crippen LogP contribution is 2.30. The predicted octanol–water partition coefficient (Wildman–Crippen LogP) is 6.07. The van der Waals surface area contributed by atoms with Crippen LogP contribution in [0.5, 0.6) is 5.75 Å². The molecule has 1 amide bonds. The maximum absolute atomic E-state index is 14.8. The van der Waals surface area contributed by atoms with Crippen LogP contribution in [0.3, 0.4) is 0 Å². The van der Waals surface area contributed by atoms with Crippen LogP contribution in [0.4, 0.5) is 8.78 Å². The minimum Gasteiger partial charge on any atom is -0.488 e. The van der Waals surface area contributed by atoms with Crippen molar-refractivity contribution in [2.75, 3.05) is 12.4 Å². The van der Waals surface area contributed by atoms with Crippen molar-refractivity contribution in [2.45, 2.75) is 32.1 Å². The highest BCUT2D eigenvalue weighted by Gasteiger charge is 2.35. The number of carbonyl (C=O) groups is 1. The lowest BCUT2D eigenvalue weighted by atomic mass is 10.1. The van der Waals surface area contributed by atoms with Crippen LogP contribution < -0.4 is 4.74 Å². The van der Waals surface area contributed by atoms with Gasteiger partial charge in [0.15, 0.2) is 23.2 Å². The normalized spacial score (nSPS) is 15.7. The van der Waals surface area contributed by atoms with Crippen LogP contribution in [0.15, 0.2) is 94.7 Å². The Bertz CT molecular complexity index is 1710. The number of rotatable bonds is 12. The van der Waals surface area contributed by atoms with Crippen LogP contribution in [0.2, 0.25) is 0 Å². The fourth-order valence-electron chi connectivity index (χ4n) is 4.73. The van der Waals surface area contributed by atoms with E-state index in [0.717, 1.165) is 23.3 Å². The Kier molecular flexibility index (Phi) is 9.22. The summed E-state index contributed by atoms with van der Waals surface area (Å²) in [4.78, 5) is 24.2. The zero-order chi connectivity index (χ0) is 30.4. The molecule has 0 atom stereocenters. The van der Waals surface area contributed by atoms with Crippen LogP contribution in [0.25, 0.3) is 11.8 Å². The van der Waals surface area contributed by atoms with Gasteiger partial charge in [0.05, 0.1) is 23.8 Å². The number of hydrogen-bond donors (Lipinski definition) is 1. The molecule has 2 aliphatic rings. The molecule has 0 spiro atoms. The number of carbonyl (C=O) groups excluding carboxylic acids is 1. The van der Waals surface area contributed by atoms with E-state index in [1.807, 2.05) is 60.7 Å². The Morgan fingerprint density at radius 1 is 0.884 bits per heavy atom. The summed E-state index contributed by atoms with van der Waals surface area (Å²) in [7, 11) is -4.00. The Morgan fingerprint density at radius 3 is 2.21 bits per heavy atom. The van der Waals surface area contributed by atoms with Crippen LogP contribution in [-0.4, -0.2) is 47.7 Å². The number of amidine groups is 1. The first-order valence-electron chi connectivity index (χ1n) is 13.8. The molecule has 1 N–H and O–H groups in total. The summed E-state index contributed by atoms with van der Waals surface area (Å²) in [6.07, 6.45) is 5.20. The molecule has 0 fully saturated rings. The van der Waals surface area contributed by atoms with E-state index >= 15 is 0 Å². The van der Waals surface area contributed by atoms with Crippen molar-refractivity contribution in [2.24, 2.45) is 9.98 Å². The molecule has 0 aromatic heterocycles. The quantitative estimate of drug-likeness (QED) is 0.153. The second-order valence-electron chi connectivity index (χ2n) is 10.1. The van der Waals surface area contributed by atoms with Crippen LogP contribution in [0, 0.1) is 11.6 Å². The molecule has 2 aliphatic heterocycles. The summed E-state index contributed by atoms with van der Waals surface area (Å²) in [5.74, 6) is -2.80. The molecule has 0 bridgehead atoms. The molecule has 3 aromatic rings. The Labute approximate surface area is 248 Å². The van der Waals surface area contributed by atoms with Crippen molar-refractivity contribution in [3.63, 3.8) is 0 Å². The van der Waals surface area contributed by atoms with Gasteiger partial charge in [-0.15, -0.1) is 0 Å². The van der Waals surface area contributed by atoms with Crippen LogP contribution in [-0.2, 0) is 21.3 Å². The second kappa shape index (κ2) is 13.2. The minimum absolute atomic E-state index is 0.0127. The van der Waals surface area contributed by atoms with Gasteiger partial charge >= 0.3 is 0 Å². The van der Waals surface area contributed by atoms with Gasteiger partial charge in [-0.25, -0.2) is 18.8 Å². The van der Waals surface area contributed by atoms with Crippen molar-refractivity contribution >= 4 is 39.3 Å². The van der Waals surface area contributed by atoms with Gasteiger partial charge in [0, 0.05) is 18.2 Å². The summed E-state index contributed by atoms with van der Waals surface area (Å²) in [6.45, 7) is 0.0286. The van der Waals surface area contributed by atoms with Gasteiger partial charge in [-0.3, -0.25) is 14.2 Å². The molecule has 0 aliphatic carbocycles. The molecular formula is C32H29F2N3O5S. The molecule has 5 rings (SSSR count). The number of hydrogen-bond acceptors (Lipinski definition) is 6. The highest BCUT2D eigenvalue weighted by atomic mass is 32.2. The Balaban J connectivity index is 1.33. The van der Waals surface area contributed by atoms with Crippen molar-refractivity contribution < 1.29 is 31.3 Å². The molecule has 2 heterocycles. The number of nitrogens with zero attached hydrogens (tertiary/aromatic N) is 3. The zero-order valence-corrected chi connectivity index (χ0v) is 23.9. The molecular weight excluding hydrogens is 576 g/mol. The predicted molar refractivity (Wildman–Crippen MR) is 161 cm³/mol. The van der Waals surface area contributed by atoms with Crippen molar-refractivity contribution in [3.8, 4) is 5.75 Å². The summed E-state index contributed by atoms with van der Waals surface area (Å²) in [6, 6.07) is 21.3. The van der Waals surface area contributed by atoms with E-state index in [4.69, 9.17) is 14.3 Å². The van der Waals surface area contributed by atoms with E-state index in [2.05, 4.69) is 4.99 Å². The number of aliphatic imine (C=N–C) groups is 2. The maximum atomic E-state index is 14.8. The summed E-state index contributed by atoms with van der Waals surface area (Å²) in [5.41, 5.74) is 3.12. The lowest BCUT2D eigenvalue weighted by molar-refractivity contribution is -0.120. The molecule has 0 saturated heterocycles. The standard InChI is InChI=1S/C32H29F2N3O5S/c33-25-17-23(18-26(34)30(25)42-15-9-1-2-10-16-43(39,40)41)20-28-32(38)37-21-29(24-13-7-4-8-14-24)35-27(31(37)36-28)19-22-11-5-3-6-12-22/h3-8,11-14,17-18,20-21H,1-2,9-10,15-16,19H2,(H,39,40,41)/b28-20-. The fraction of sp³-hybridized carbons (Fsp3) is 0.219. The van der Waals surface area contributed by atoms with Crippen molar-refractivity contribution in [1.29, 1.82) is 0 Å². The number of benzene rings is 3. The van der Waals surface area contributed by atoms with E-state index in [9.17, 15) is 22.0 Å². The van der Waals surface area contributed by atoms with E-state index in [1.165, 1.54) is 11.0 Å². The number of amides is 1. The lowest BCUT2D eigenvalue weighted by Crippen LogP contribution is -2.36. The van der Waals surface area contributed by atoms with Crippen molar-refractivity contribution in [1.82, 2.24) is 4.90 Å². The van der Waals surface area contributed by atoms with E-state index in [0.29, 0.717) is 42.9 Å². The topological polar surface area (TPSA) is 109 Å². The largest absolute Gasteiger partial charge is 0.488 e. The van der Waals surface area contributed by atoms with Gasteiger partial charge in [-0.05, 0) is 42.2 Å². The lowest BCUT2D eigenvalue weighted by Gasteiger charge is -2.21. The van der Waals surface area contributed by atoms with Gasteiger partial charge in [0.25, 0.3) is 16.0 Å². The first-order valence-corrected chi connectivity index (χ1v) is 15.4. The van der Waals surface area contributed by atoms with Gasteiger partial charge < -0.3 is 4.74 Å². The minimum atomic E-state index is -4.00. The first kappa shape index (κ1) is 30.0. The highest BCUT2D eigenvalue weighted by molar-refractivity contribution is 7.85. The molecule has 43 heavy (non-hydrogen) atoms. The average molecular weight is 606 g/mol.